The number of hydrogen-bond donors (Lipinski definition) is 1. The van der Waals surface area contributed by atoms with E-state index < -0.39 is 11.9 Å². The zero-order valence-corrected chi connectivity index (χ0v) is 19.6. The van der Waals surface area contributed by atoms with Gasteiger partial charge in [-0.2, -0.15) is 0 Å². The van der Waals surface area contributed by atoms with Crippen LogP contribution in [0.2, 0.25) is 0 Å². The molecule has 0 spiro atoms. The molecule has 1 aliphatic rings. The number of carboxylic acids is 1. The number of rotatable bonds is 11. The highest BCUT2D eigenvalue weighted by Crippen LogP contribution is 2.25. The zero-order valence-electron chi connectivity index (χ0n) is 19.6. The number of carbonyl (C=O) groups is 1. The van der Waals surface area contributed by atoms with E-state index in [2.05, 4.69) is 38.2 Å². The molecule has 1 aliphatic carbocycles. The van der Waals surface area contributed by atoms with Crippen molar-refractivity contribution in [2.24, 2.45) is 5.92 Å². The molecule has 0 radical (unpaired) electrons. The third-order valence-electron chi connectivity index (χ3n) is 5.08. The highest BCUT2D eigenvalue weighted by molar-refractivity contribution is 5.69. The Morgan fingerprint density at radius 2 is 2.16 bits per heavy atom. The average molecular weight is 438 g/mol. The summed E-state index contributed by atoms with van der Waals surface area (Å²) < 4.78 is 11.9. The Kier molecular flexibility index (Phi) is 10.5. The molecular formula is C27H35NO4. The molecule has 0 bridgehead atoms. The van der Waals surface area contributed by atoms with Crippen molar-refractivity contribution < 1.29 is 19.1 Å². The van der Waals surface area contributed by atoms with Crippen molar-refractivity contribution in [2.75, 3.05) is 6.61 Å². The van der Waals surface area contributed by atoms with Gasteiger partial charge < -0.3 is 14.3 Å². The number of ether oxygens (including phenoxy) is 1. The van der Waals surface area contributed by atoms with Gasteiger partial charge in [0.25, 0.3) is 0 Å². The summed E-state index contributed by atoms with van der Waals surface area (Å²) in [7, 11) is 0. The van der Waals surface area contributed by atoms with Gasteiger partial charge in [0, 0.05) is 12.0 Å². The average Bonchev–Trinajstić information content (AvgIpc) is 3.11. The van der Waals surface area contributed by atoms with Crippen LogP contribution in [0.1, 0.15) is 63.8 Å². The fraction of sp³-hybridized carbons (Fsp3) is 0.407. The molecule has 1 N–H and O–H groups in total. The lowest BCUT2D eigenvalue weighted by Crippen LogP contribution is -2.07. The van der Waals surface area contributed by atoms with Crippen LogP contribution in [-0.4, -0.2) is 22.7 Å². The summed E-state index contributed by atoms with van der Waals surface area (Å²) >= 11 is 0. The van der Waals surface area contributed by atoms with E-state index in [1.807, 2.05) is 37.3 Å². The topological polar surface area (TPSA) is 72.6 Å². The van der Waals surface area contributed by atoms with Crippen molar-refractivity contribution in [2.45, 2.75) is 59.8 Å². The zero-order chi connectivity index (χ0) is 23.3. The standard InChI is InChI=1S/C27H35NO4/c1-5-6-15-24(16-11-10-13-21(3)27(29)30)31-18-17-25-22(4)32-26(28-25)23-14-9-7-8-12-20(2)19-23/h6-8,10-12,15-16,19,21H,5,9,13-14,17-18H2,1-4H3,(H,29,30)/b8-7-,11-10+,15-6+,20-12-,23-19+,24-16+/t21-/m0/s1. The van der Waals surface area contributed by atoms with E-state index in [-0.39, 0.29) is 0 Å². The van der Waals surface area contributed by atoms with Crippen LogP contribution < -0.4 is 0 Å². The normalized spacial score (nSPS) is 20.3. The van der Waals surface area contributed by atoms with Gasteiger partial charge in [0.05, 0.1) is 18.2 Å². The number of aliphatic carboxylic acids is 1. The summed E-state index contributed by atoms with van der Waals surface area (Å²) in [6, 6.07) is 0. The SMILES string of the molecule is CC/C=C/C(=C\C=C\C[C@H](C)C(=O)O)OCCc1nc(/C2=C/C(C)=C\C=C/CC2)oc1C. The second kappa shape index (κ2) is 13.4. The third kappa shape index (κ3) is 8.58. The Labute approximate surface area is 191 Å². The molecule has 5 heteroatoms. The van der Waals surface area contributed by atoms with Gasteiger partial charge in [-0.1, -0.05) is 62.0 Å². The summed E-state index contributed by atoms with van der Waals surface area (Å²) in [5.74, 6) is 1.06. The number of allylic oxidation sites excluding steroid dienone is 11. The minimum Gasteiger partial charge on any atom is -0.493 e. The van der Waals surface area contributed by atoms with Gasteiger partial charge in [-0.05, 0) is 51.7 Å². The van der Waals surface area contributed by atoms with Crippen LogP contribution in [-0.2, 0) is 16.0 Å². The van der Waals surface area contributed by atoms with E-state index in [9.17, 15) is 4.79 Å². The van der Waals surface area contributed by atoms with Gasteiger partial charge in [0.15, 0.2) is 0 Å². The molecular weight excluding hydrogens is 402 g/mol. The molecule has 0 amide bonds. The summed E-state index contributed by atoms with van der Waals surface area (Å²) in [6.45, 7) is 8.26. The molecule has 32 heavy (non-hydrogen) atoms. The van der Waals surface area contributed by atoms with Crippen molar-refractivity contribution in [1.29, 1.82) is 0 Å². The van der Waals surface area contributed by atoms with Crippen molar-refractivity contribution >= 4 is 11.5 Å². The van der Waals surface area contributed by atoms with Crippen molar-refractivity contribution in [3.05, 3.63) is 83.4 Å². The first kappa shape index (κ1) is 25.2. The summed E-state index contributed by atoms with van der Waals surface area (Å²) in [5, 5.41) is 8.97. The van der Waals surface area contributed by atoms with E-state index in [4.69, 9.17) is 19.2 Å². The molecule has 0 saturated heterocycles. The second-order valence-electron chi connectivity index (χ2n) is 7.95. The molecule has 5 nitrogen and oxygen atoms in total. The Morgan fingerprint density at radius 3 is 2.91 bits per heavy atom. The van der Waals surface area contributed by atoms with E-state index in [0.717, 1.165) is 42.0 Å². The fourth-order valence-electron chi connectivity index (χ4n) is 3.11. The molecule has 0 aromatic carbocycles. The van der Waals surface area contributed by atoms with Crippen LogP contribution in [0.3, 0.4) is 0 Å². The van der Waals surface area contributed by atoms with Crippen LogP contribution in [0.5, 0.6) is 0 Å². The maximum Gasteiger partial charge on any atom is 0.306 e. The maximum absolute atomic E-state index is 10.9. The molecule has 1 heterocycles. The van der Waals surface area contributed by atoms with Crippen LogP contribution in [0.4, 0.5) is 0 Å². The second-order valence-corrected chi connectivity index (χ2v) is 7.95. The number of oxazole rings is 1. The molecule has 1 aromatic rings. The maximum atomic E-state index is 10.9. The fourth-order valence-corrected chi connectivity index (χ4v) is 3.11. The number of carboxylic acid groups (broad SMARTS) is 1. The van der Waals surface area contributed by atoms with E-state index >= 15 is 0 Å². The molecule has 172 valence electrons. The highest BCUT2D eigenvalue weighted by atomic mass is 16.5. The quantitative estimate of drug-likeness (QED) is 0.307. The van der Waals surface area contributed by atoms with Gasteiger partial charge in [-0.25, -0.2) is 4.98 Å². The lowest BCUT2D eigenvalue weighted by molar-refractivity contribution is -0.140. The van der Waals surface area contributed by atoms with E-state index in [1.54, 1.807) is 6.92 Å². The van der Waals surface area contributed by atoms with Gasteiger partial charge in [-0.3, -0.25) is 4.79 Å². The number of aryl methyl sites for hydroxylation is 1. The predicted molar refractivity (Wildman–Crippen MR) is 129 cm³/mol. The minimum atomic E-state index is -0.791. The van der Waals surface area contributed by atoms with Gasteiger partial charge >= 0.3 is 5.97 Å². The van der Waals surface area contributed by atoms with Gasteiger partial charge in [0.1, 0.15) is 11.5 Å². The van der Waals surface area contributed by atoms with Gasteiger partial charge in [-0.15, -0.1) is 0 Å². The molecule has 1 atom stereocenters. The first-order valence-corrected chi connectivity index (χ1v) is 11.3. The Hall–Kier alpha value is -3.08. The largest absolute Gasteiger partial charge is 0.493 e. The lowest BCUT2D eigenvalue weighted by atomic mass is 10.0. The van der Waals surface area contributed by atoms with E-state index in [1.165, 1.54) is 5.57 Å². The molecule has 0 fully saturated rings. The minimum absolute atomic E-state index is 0.400. The van der Waals surface area contributed by atoms with Crippen molar-refractivity contribution in [3.63, 3.8) is 0 Å². The van der Waals surface area contributed by atoms with Crippen LogP contribution in [0.25, 0.3) is 5.57 Å². The van der Waals surface area contributed by atoms with E-state index in [0.29, 0.717) is 25.3 Å². The summed E-state index contributed by atoms with van der Waals surface area (Å²) in [6.07, 6.45) is 21.9. The van der Waals surface area contributed by atoms with Crippen molar-refractivity contribution in [3.8, 4) is 0 Å². The Balaban J connectivity index is 1.99. The predicted octanol–water partition coefficient (Wildman–Crippen LogP) is 6.74. The Bertz CT molecular complexity index is 941. The lowest BCUT2D eigenvalue weighted by Gasteiger charge is -2.06. The third-order valence-corrected chi connectivity index (χ3v) is 5.08. The van der Waals surface area contributed by atoms with Crippen LogP contribution >= 0.6 is 0 Å². The Morgan fingerprint density at radius 1 is 1.34 bits per heavy atom. The summed E-state index contributed by atoms with van der Waals surface area (Å²) in [5.41, 5.74) is 3.20. The van der Waals surface area contributed by atoms with Crippen molar-refractivity contribution in [1.82, 2.24) is 4.98 Å². The smallest absolute Gasteiger partial charge is 0.306 e. The molecule has 0 unspecified atom stereocenters. The highest BCUT2D eigenvalue weighted by Gasteiger charge is 2.14. The monoisotopic (exact) mass is 437 g/mol. The number of aromatic nitrogens is 1. The van der Waals surface area contributed by atoms with Crippen LogP contribution in [0, 0.1) is 12.8 Å². The molecule has 0 aliphatic heterocycles. The number of nitrogens with zero attached hydrogens (tertiary/aromatic N) is 1. The number of hydrogen-bond acceptors (Lipinski definition) is 4. The molecule has 1 aromatic heterocycles. The molecule has 0 saturated carbocycles. The first-order chi connectivity index (χ1) is 15.4. The summed E-state index contributed by atoms with van der Waals surface area (Å²) in [4.78, 5) is 15.7. The molecule has 2 rings (SSSR count). The van der Waals surface area contributed by atoms with Crippen LogP contribution in [0.15, 0.2) is 70.4 Å². The first-order valence-electron chi connectivity index (χ1n) is 11.3. The van der Waals surface area contributed by atoms with Gasteiger partial charge in [0.2, 0.25) is 5.89 Å².